The van der Waals surface area contributed by atoms with Gasteiger partial charge in [-0.25, -0.2) is 4.98 Å². The fraction of sp³-hybridized carbons (Fsp3) is 0. The quantitative estimate of drug-likeness (QED) is 0.301. The summed E-state index contributed by atoms with van der Waals surface area (Å²) in [6.07, 6.45) is 12.3. The van der Waals surface area contributed by atoms with E-state index in [0.29, 0.717) is 0 Å². The van der Waals surface area contributed by atoms with Gasteiger partial charge < -0.3 is 4.98 Å². The van der Waals surface area contributed by atoms with Gasteiger partial charge in [-0.3, -0.25) is 19.9 Å². The molecule has 6 nitrogen and oxygen atoms in total. The third-order valence-electron chi connectivity index (χ3n) is 5.11. The molecule has 0 amide bonds. The average molecular weight is 428 g/mol. The number of aromatic nitrogens is 6. The number of pyridine rings is 4. The monoisotopic (exact) mass is 428 g/mol. The molecule has 0 atom stereocenters. The number of imidazole rings is 1. The maximum Gasteiger partial charge on any atom is 0.0919 e. The Morgan fingerprint density at radius 2 is 1.00 bits per heavy atom. The minimum absolute atomic E-state index is 0.999. The lowest BCUT2D eigenvalue weighted by Crippen LogP contribution is -1.82. The molecule has 2 aromatic carbocycles. The van der Waals surface area contributed by atoms with E-state index in [1.165, 1.54) is 0 Å². The van der Waals surface area contributed by atoms with Crippen LogP contribution in [0.15, 0.2) is 116 Å². The molecule has 0 unspecified atom stereocenters. The molecule has 0 saturated carbocycles. The van der Waals surface area contributed by atoms with Gasteiger partial charge >= 0.3 is 0 Å². The van der Waals surface area contributed by atoms with E-state index in [9.17, 15) is 0 Å². The first-order chi connectivity index (χ1) is 16.4. The SMILES string of the molecule is c1c[nH]cn1.c1cnc2c(c1)ccc1ncccc12.c1cnc2c(c1)ccc1ncccc12. The Morgan fingerprint density at radius 3 is 1.45 bits per heavy atom. The molecule has 7 rings (SSSR count). The summed E-state index contributed by atoms with van der Waals surface area (Å²) in [4.78, 5) is 23.7. The molecule has 158 valence electrons. The van der Waals surface area contributed by atoms with Crippen LogP contribution >= 0.6 is 0 Å². The molecule has 33 heavy (non-hydrogen) atoms. The van der Waals surface area contributed by atoms with Crippen molar-refractivity contribution in [2.24, 2.45) is 0 Å². The highest BCUT2D eigenvalue weighted by Crippen LogP contribution is 2.22. The molecule has 0 fully saturated rings. The molecule has 0 aliphatic carbocycles. The largest absolute Gasteiger partial charge is 0.351 e. The summed E-state index contributed by atoms with van der Waals surface area (Å²) in [7, 11) is 0. The van der Waals surface area contributed by atoms with Gasteiger partial charge in [-0.05, 0) is 48.5 Å². The Bertz CT molecular complexity index is 1390. The third kappa shape index (κ3) is 4.50. The number of H-pyrrole nitrogens is 1. The Morgan fingerprint density at radius 1 is 0.485 bits per heavy atom. The molecule has 1 N–H and O–H groups in total. The van der Waals surface area contributed by atoms with Crippen LogP contribution in [0.5, 0.6) is 0 Å². The third-order valence-corrected chi connectivity index (χ3v) is 5.11. The molecular formula is C27H20N6. The molecular weight excluding hydrogens is 408 g/mol. The summed E-state index contributed by atoms with van der Waals surface area (Å²) in [5.74, 6) is 0. The summed E-state index contributed by atoms with van der Waals surface area (Å²) in [6, 6.07) is 24.2. The second-order valence-electron chi connectivity index (χ2n) is 7.18. The van der Waals surface area contributed by atoms with Gasteiger partial charge in [0.2, 0.25) is 0 Å². The van der Waals surface area contributed by atoms with Crippen molar-refractivity contribution in [1.82, 2.24) is 29.9 Å². The second-order valence-corrected chi connectivity index (χ2v) is 7.18. The van der Waals surface area contributed by atoms with Crippen LogP contribution in [-0.2, 0) is 0 Å². The maximum atomic E-state index is 4.37. The van der Waals surface area contributed by atoms with Crippen LogP contribution in [0.2, 0.25) is 0 Å². The summed E-state index contributed by atoms with van der Waals surface area (Å²) >= 11 is 0. The number of aromatic amines is 1. The average Bonchev–Trinajstić information content (AvgIpc) is 3.50. The van der Waals surface area contributed by atoms with Gasteiger partial charge in [-0.2, -0.15) is 0 Å². The summed E-state index contributed by atoms with van der Waals surface area (Å²) in [5.41, 5.74) is 4.05. The zero-order chi connectivity index (χ0) is 22.3. The Labute approximate surface area is 190 Å². The van der Waals surface area contributed by atoms with Crippen molar-refractivity contribution in [1.29, 1.82) is 0 Å². The molecule has 6 heteroatoms. The van der Waals surface area contributed by atoms with Crippen LogP contribution in [-0.4, -0.2) is 29.9 Å². The number of rotatable bonds is 0. The van der Waals surface area contributed by atoms with E-state index in [0.717, 1.165) is 43.6 Å². The highest BCUT2D eigenvalue weighted by Gasteiger charge is 2.00. The number of hydrogen-bond acceptors (Lipinski definition) is 5. The van der Waals surface area contributed by atoms with Crippen LogP contribution < -0.4 is 0 Å². The number of nitrogens with one attached hydrogen (secondary N) is 1. The zero-order valence-electron chi connectivity index (χ0n) is 17.7. The lowest BCUT2D eigenvalue weighted by Gasteiger charge is -2.00. The van der Waals surface area contributed by atoms with Crippen LogP contribution in [0, 0.1) is 0 Å². The van der Waals surface area contributed by atoms with E-state index < -0.39 is 0 Å². The molecule has 5 heterocycles. The van der Waals surface area contributed by atoms with Gasteiger partial charge in [0.1, 0.15) is 0 Å². The van der Waals surface area contributed by atoms with E-state index in [-0.39, 0.29) is 0 Å². The molecule has 0 saturated heterocycles. The van der Waals surface area contributed by atoms with Crippen molar-refractivity contribution in [3.8, 4) is 0 Å². The summed E-state index contributed by atoms with van der Waals surface area (Å²) in [6.45, 7) is 0. The number of fused-ring (bicyclic) bond motifs is 6. The van der Waals surface area contributed by atoms with Crippen molar-refractivity contribution in [2.75, 3.05) is 0 Å². The van der Waals surface area contributed by atoms with Crippen molar-refractivity contribution >= 4 is 43.6 Å². The number of benzene rings is 2. The van der Waals surface area contributed by atoms with Crippen LogP contribution in [0.25, 0.3) is 43.6 Å². The first-order valence-electron chi connectivity index (χ1n) is 10.5. The highest BCUT2D eigenvalue weighted by atomic mass is 14.8. The molecule has 0 radical (unpaired) electrons. The standard InChI is InChI=1S/2C12H8N2.C3H4N2/c2*1-3-9-5-6-11-10(4-2-7-13-11)12(9)14-8-1;1-2-5-3-4-1/h2*1-8H;1-3H,(H,4,5). The first-order valence-corrected chi connectivity index (χ1v) is 10.5. The summed E-state index contributed by atoms with van der Waals surface area (Å²) < 4.78 is 0. The molecule has 0 aliphatic heterocycles. The van der Waals surface area contributed by atoms with Crippen molar-refractivity contribution in [3.05, 3.63) is 116 Å². The van der Waals surface area contributed by atoms with E-state index in [1.54, 1.807) is 31.1 Å². The topological polar surface area (TPSA) is 80.2 Å². The van der Waals surface area contributed by atoms with Crippen LogP contribution in [0.4, 0.5) is 0 Å². The van der Waals surface area contributed by atoms with Crippen LogP contribution in [0.1, 0.15) is 0 Å². The molecule has 0 aliphatic rings. The van der Waals surface area contributed by atoms with E-state index in [2.05, 4.69) is 66.3 Å². The Balaban J connectivity index is 0.000000115. The second kappa shape index (κ2) is 9.62. The normalized spacial score (nSPS) is 10.4. The fourth-order valence-corrected chi connectivity index (χ4v) is 3.61. The van der Waals surface area contributed by atoms with Gasteiger partial charge in [0.25, 0.3) is 0 Å². The van der Waals surface area contributed by atoms with Gasteiger partial charge in [-0.15, -0.1) is 0 Å². The van der Waals surface area contributed by atoms with E-state index in [1.807, 2.05) is 48.8 Å². The predicted octanol–water partition coefficient (Wildman–Crippen LogP) is 5.98. The lowest BCUT2D eigenvalue weighted by atomic mass is 10.1. The molecule has 0 bridgehead atoms. The smallest absolute Gasteiger partial charge is 0.0919 e. The Hall–Kier alpha value is -4.71. The van der Waals surface area contributed by atoms with E-state index >= 15 is 0 Å². The zero-order valence-corrected chi connectivity index (χ0v) is 17.7. The van der Waals surface area contributed by atoms with Crippen LogP contribution in [0.3, 0.4) is 0 Å². The molecule has 7 aromatic rings. The highest BCUT2D eigenvalue weighted by molar-refractivity contribution is 6.04. The van der Waals surface area contributed by atoms with Crippen molar-refractivity contribution < 1.29 is 0 Å². The predicted molar refractivity (Wildman–Crippen MR) is 133 cm³/mol. The van der Waals surface area contributed by atoms with Crippen molar-refractivity contribution in [3.63, 3.8) is 0 Å². The number of hydrogen-bond donors (Lipinski definition) is 1. The minimum atomic E-state index is 0.999. The van der Waals surface area contributed by atoms with Gasteiger partial charge in [0.05, 0.1) is 28.4 Å². The number of nitrogens with zero attached hydrogens (tertiary/aromatic N) is 5. The lowest BCUT2D eigenvalue weighted by molar-refractivity contribution is 1.31. The first kappa shape index (κ1) is 20.2. The Kier molecular flexibility index (Phi) is 5.89. The fourth-order valence-electron chi connectivity index (χ4n) is 3.61. The maximum absolute atomic E-state index is 4.37. The summed E-state index contributed by atoms with van der Waals surface area (Å²) in [5, 5.41) is 4.55. The van der Waals surface area contributed by atoms with Gasteiger partial charge in [-0.1, -0.05) is 24.3 Å². The molecule has 5 aromatic heterocycles. The molecule has 0 spiro atoms. The van der Waals surface area contributed by atoms with Gasteiger partial charge in [0, 0.05) is 58.7 Å². The van der Waals surface area contributed by atoms with E-state index in [4.69, 9.17) is 0 Å². The van der Waals surface area contributed by atoms with Gasteiger partial charge in [0.15, 0.2) is 0 Å². The minimum Gasteiger partial charge on any atom is -0.351 e. The van der Waals surface area contributed by atoms with Crippen molar-refractivity contribution in [2.45, 2.75) is 0 Å².